The monoisotopic (exact) mass is 333 g/mol. The fourth-order valence-electron chi connectivity index (χ4n) is 2.83. The number of para-hydroxylation sites is 1. The zero-order valence-corrected chi connectivity index (χ0v) is 13.2. The summed E-state index contributed by atoms with van der Waals surface area (Å²) in [6.07, 6.45) is 0.811. The summed E-state index contributed by atoms with van der Waals surface area (Å²) in [5, 5.41) is 14.8. The maximum Gasteiger partial charge on any atom is 0.417 e. The molecular weight excluding hydrogens is 314 g/mol. The van der Waals surface area contributed by atoms with Gasteiger partial charge in [0.25, 0.3) is 0 Å². The van der Waals surface area contributed by atoms with Crippen LogP contribution in [0.3, 0.4) is 0 Å². The molecule has 0 spiro atoms. The highest BCUT2D eigenvalue weighted by molar-refractivity contribution is 5.94. The lowest BCUT2D eigenvalue weighted by atomic mass is 10.2. The van der Waals surface area contributed by atoms with Gasteiger partial charge in [-0.3, -0.25) is 15.0 Å². The Labute approximate surface area is 138 Å². The first-order valence-corrected chi connectivity index (χ1v) is 7.91. The van der Waals surface area contributed by atoms with Gasteiger partial charge in [0.2, 0.25) is 0 Å². The quantitative estimate of drug-likeness (QED) is 0.373. The van der Waals surface area contributed by atoms with Gasteiger partial charge in [0, 0.05) is 25.0 Å². The first-order valence-electron chi connectivity index (χ1n) is 7.91. The number of fused-ring (bicyclic) bond motifs is 1. The number of nitrogens with zero attached hydrogens (tertiary/aromatic N) is 2. The van der Waals surface area contributed by atoms with Gasteiger partial charge in [0.1, 0.15) is 11.3 Å². The minimum Gasteiger partial charge on any atom is -0.418 e. The summed E-state index contributed by atoms with van der Waals surface area (Å²) in [5.74, 6) is 0. The number of nitrogens with one attached hydrogen (secondary N) is 1. The maximum atomic E-state index is 11.9. The number of benzene rings is 1. The Balaban J connectivity index is 1.75. The Morgan fingerprint density at radius 1 is 1.25 bits per heavy atom. The Kier molecular flexibility index (Phi) is 5.07. The molecule has 0 bridgehead atoms. The van der Waals surface area contributed by atoms with Crippen LogP contribution in [0.2, 0.25) is 0 Å². The van der Waals surface area contributed by atoms with Gasteiger partial charge in [-0.15, -0.1) is 0 Å². The lowest BCUT2D eigenvalue weighted by Gasteiger charge is -2.26. The van der Waals surface area contributed by atoms with Gasteiger partial charge in [-0.05, 0) is 25.1 Å². The van der Waals surface area contributed by atoms with Crippen LogP contribution in [0.25, 0.3) is 11.0 Å². The molecule has 1 aliphatic rings. The fourth-order valence-corrected chi connectivity index (χ4v) is 2.83. The van der Waals surface area contributed by atoms with E-state index < -0.39 is 16.2 Å². The largest absolute Gasteiger partial charge is 0.418 e. The molecule has 0 aliphatic carbocycles. The molecule has 1 N–H and O–H groups in total. The van der Waals surface area contributed by atoms with E-state index >= 15 is 0 Å². The van der Waals surface area contributed by atoms with E-state index in [1.165, 1.54) is 0 Å². The Bertz CT molecular complexity index is 783. The lowest BCUT2D eigenvalue weighted by Crippen LogP contribution is -2.37. The van der Waals surface area contributed by atoms with Crippen LogP contribution in [0, 0.1) is 10.1 Å². The summed E-state index contributed by atoms with van der Waals surface area (Å²) in [7, 11) is 0. The van der Waals surface area contributed by atoms with Crippen molar-refractivity contribution in [1.82, 2.24) is 4.90 Å². The van der Waals surface area contributed by atoms with Crippen molar-refractivity contribution in [3.8, 4) is 0 Å². The van der Waals surface area contributed by atoms with Crippen LogP contribution in [0.4, 0.5) is 11.4 Å². The van der Waals surface area contributed by atoms with E-state index in [0.29, 0.717) is 17.5 Å². The molecule has 2 heterocycles. The van der Waals surface area contributed by atoms with Gasteiger partial charge in [0.15, 0.2) is 0 Å². The van der Waals surface area contributed by atoms with E-state index in [1.54, 1.807) is 24.3 Å². The summed E-state index contributed by atoms with van der Waals surface area (Å²) >= 11 is 0. The highest BCUT2D eigenvalue weighted by atomic mass is 16.6. The molecule has 0 unspecified atom stereocenters. The van der Waals surface area contributed by atoms with Crippen molar-refractivity contribution in [3.63, 3.8) is 0 Å². The first-order chi connectivity index (χ1) is 11.7. The van der Waals surface area contributed by atoms with Gasteiger partial charge in [-0.2, -0.15) is 0 Å². The van der Waals surface area contributed by atoms with Crippen molar-refractivity contribution in [2.24, 2.45) is 0 Å². The van der Waals surface area contributed by atoms with Crippen LogP contribution >= 0.6 is 0 Å². The number of hydrogen-bond donors (Lipinski definition) is 1. The van der Waals surface area contributed by atoms with E-state index in [-0.39, 0.29) is 5.69 Å². The predicted octanol–water partition coefficient (Wildman–Crippen LogP) is 1.84. The van der Waals surface area contributed by atoms with Crippen molar-refractivity contribution in [2.45, 2.75) is 6.42 Å². The van der Waals surface area contributed by atoms with E-state index in [4.69, 9.17) is 9.15 Å². The molecule has 24 heavy (non-hydrogen) atoms. The van der Waals surface area contributed by atoms with Gasteiger partial charge < -0.3 is 14.5 Å². The Hall–Kier alpha value is -2.45. The smallest absolute Gasteiger partial charge is 0.417 e. The third-order valence-corrected chi connectivity index (χ3v) is 4.03. The van der Waals surface area contributed by atoms with Crippen LogP contribution in [-0.2, 0) is 4.74 Å². The number of morpholine rings is 1. The SMILES string of the molecule is O=c1oc2ccccc2c(NCCCN2CCOCC2)c1[N+](=O)[O-]. The number of hydrogen-bond acceptors (Lipinski definition) is 7. The van der Waals surface area contributed by atoms with Crippen molar-refractivity contribution in [2.75, 3.05) is 44.7 Å². The zero-order chi connectivity index (χ0) is 16.9. The van der Waals surface area contributed by atoms with Crippen LogP contribution in [0.15, 0.2) is 33.5 Å². The molecule has 1 aromatic heterocycles. The topological polar surface area (TPSA) is 97.9 Å². The highest BCUT2D eigenvalue weighted by Gasteiger charge is 2.24. The van der Waals surface area contributed by atoms with Crippen molar-refractivity contribution in [1.29, 1.82) is 0 Å². The third kappa shape index (κ3) is 3.55. The minimum absolute atomic E-state index is 0.230. The average Bonchev–Trinajstić information content (AvgIpc) is 2.58. The normalized spacial score (nSPS) is 15.5. The Morgan fingerprint density at radius 3 is 2.75 bits per heavy atom. The summed E-state index contributed by atoms with van der Waals surface area (Å²) in [5.41, 5.74) is -0.910. The minimum atomic E-state index is -0.936. The molecule has 1 fully saturated rings. The highest BCUT2D eigenvalue weighted by Crippen LogP contribution is 2.29. The van der Waals surface area contributed by atoms with Crippen molar-refractivity contribution < 1.29 is 14.1 Å². The summed E-state index contributed by atoms with van der Waals surface area (Å²) in [4.78, 5) is 24.8. The van der Waals surface area contributed by atoms with E-state index in [2.05, 4.69) is 10.2 Å². The average molecular weight is 333 g/mol. The number of ether oxygens (including phenoxy) is 1. The number of anilines is 1. The standard InChI is InChI=1S/C16H19N3O5/c20-16-15(19(21)22)14(12-4-1-2-5-13(12)24-16)17-6-3-7-18-8-10-23-11-9-18/h1-2,4-5,17H,3,6-11H2. The molecule has 1 aromatic carbocycles. The lowest BCUT2D eigenvalue weighted by molar-refractivity contribution is -0.386. The molecule has 8 heteroatoms. The second kappa shape index (κ2) is 7.41. The van der Waals surface area contributed by atoms with E-state index in [0.717, 1.165) is 39.3 Å². The number of nitro groups is 1. The number of rotatable bonds is 6. The third-order valence-electron chi connectivity index (χ3n) is 4.03. The summed E-state index contributed by atoms with van der Waals surface area (Å²) in [6, 6.07) is 6.80. The molecule has 128 valence electrons. The van der Waals surface area contributed by atoms with Crippen molar-refractivity contribution in [3.05, 3.63) is 44.8 Å². The fraction of sp³-hybridized carbons (Fsp3) is 0.438. The van der Waals surface area contributed by atoms with Crippen LogP contribution in [0.1, 0.15) is 6.42 Å². The van der Waals surface area contributed by atoms with Gasteiger partial charge in [-0.1, -0.05) is 12.1 Å². The summed E-state index contributed by atoms with van der Waals surface area (Å²) in [6.45, 7) is 4.69. The summed E-state index contributed by atoms with van der Waals surface area (Å²) < 4.78 is 10.3. The van der Waals surface area contributed by atoms with Crippen LogP contribution in [-0.4, -0.2) is 49.2 Å². The molecule has 3 rings (SSSR count). The predicted molar refractivity (Wildman–Crippen MR) is 89.5 cm³/mol. The maximum absolute atomic E-state index is 11.9. The van der Waals surface area contributed by atoms with Gasteiger partial charge in [-0.25, -0.2) is 4.79 Å². The second-order valence-electron chi connectivity index (χ2n) is 5.60. The molecule has 8 nitrogen and oxygen atoms in total. The van der Waals surface area contributed by atoms with Crippen molar-refractivity contribution >= 4 is 22.3 Å². The molecule has 0 atom stereocenters. The van der Waals surface area contributed by atoms with Crippen LogP contribution in [0.5, 0.6) is 0 Å². The van der Waals surface area contributed by atoms with Gasteiger partial charge in [0.05, 0.1) is 18.1 Å². The zero-order valence-electron chi connectivity index (χ0n) is 13.2. The first kappa shape index (κ1) is 16.4. The van der Waals surface area contributed by atoms with E-state index in [1.807, 2.05) is 0 Å². The van der Waals surface area contributed by atoms with Crippen LogP contribution < -0.4 is 10.9 Å². The molecule has 0 radical (unpaired) electrons. The van der Waals surface area contributed by atoms with Gasteiger partial charge >= 0.3 is 11.3 Å². The molecule has 0 saturated carbocycles. The molecule has 1 saturated heterocycles. The molecular formula is C16H19N3O5. The molecule has 1 aliphatic heterocycles. The van der Waals surface area contributed by atoms with E-state index in [9.17, 15) is 14.9 Å². The Morgan fingerprint density at radius 2 is 2.00 bits per heavy atom. The second-order valence-corrected chi connectivity index (χ2v) is 5.60. The molecule has 0 amide bonds. The molecule has 2 aromatic rings.